The molecule has 2 heterocycles. The predicted octanol–water partition coefficient (Wildman–Crippen LogP) is 3.40. The third-order valence-corrected chi connectivity index (χ3v) is 6.58. The Balaban J connectivity index is 1.62. The Hall–Kier alpha value is -3.43. The molecule has 0 aliphatic rings. The Bertz CT molecular complexity index is 1350. The number of benzene rings is 2. The van der Waals surface area contributed by atoms with Crippen LogP contribution in [0.1, 0.15) is 5.56 Å². The van der Waals surface area contributed by atoms with Crippen LogP contribution in [-0.4, -0.2) is 43.7 Å². The van der Waals surface area contributed by atoms with Gasteiger partial charge < -0.3 is 14.0 Å². The Morgan fingerprint density at radius 3 is 2.53 bits per heavy atom. The van der Waals surface area contributed by atoms with Gasteiger partial charge in [-0.1, -0.05) is 29.8 Å². The average Bonchev–Trinajstić information content (AvgIpc) is 3.17. The van der Waals surface area contributed by atoms with Gasteiger partial charge in [0.05, 0.1) is 14.2 Å². The number of hydrogen-bond acceptors (Lipinski definition) is 6. The normalized spacial score (nSPS) is 11.6. The molecule has 0 bridgehead atoms. The summed E-state index contributed by atoms with van der Waals surface area (Å²) in [5, 5.41) is 0. The van der Waals surface area contributed by atoms with Crippen molar-refractivity contribution in [2.45, 2.75) is 18.4 Å². The largest absolute Gasteiger partial charge is 0.497 e. The standard InChI is InChI=1S/C23H24N4O4S/c1-16-6-8-17(9-7-16)22-26-19-5-4-12-24-23(19)27(22)14-13-25-32(28,29)21-15-18(30-2)10-11-20(21)31-3/h4-12,15,25H,13-14H2,1-3H3. The van der Waals surface area contributed by atoms with Crippen molar-refractivity contribution in [2.75, 3.05) is 20.8 Å². The lowest BCUT2D eigenvalue weighted by Gasteiger charge is -2.13. The van der Waals surface area contributed by atoms with Gasteiger partial charge in [0.2, 0.25) is 10.0 Å². The van der Waals surface area contributed by atoms with Crippen molar-refractivity contribution in [2.24, 2.45) is 0 Å². The number of rotatable bonds is 8. The molecule has 1 N–H and O–H groups in total. The number of nitrogens with one attached hydrogen (secondary N) is 1. The quantitative estimate of drug-likeness (QED) is 0.440. The van der Waals surface area contributed by atoms with Gasteiger partial charge in [-0.2, -0.15) is 0 Å². The number of aryl methyl sites for hydroxylation is 1. The predicted molar refractivity (Wildman–Crippen MR) is 122 cm³/mol. The second-order valence-corrected chi connectivity index (χ2v) is 8.95. The van der Waals surface area contributed by atoms with E-state index in [0.717, 1.165) is 22.5 Å². The maximum absolute atomic E-state index is 13.0. The Labute approximate surface area is 186 Å². The molecule has 32 heavy (non-hydrogen) atoms. The van der Waals surface area contributed by atoms with Gasteiger partial charge in [-0.25, -0.2) is 23.1 Å². The molecule has 2 aromatic heterocycles. The van der Waals surface area contributed by atoms with Gasteiger partial charge in [-0.3, -0.25) is 0 Å². The molecule has 0 atom stereocenters. The number of hydrogen-bond donors (Lipinski definition) is 1. The fourth-order valence-corrected chi connectivity index (χ4v) is 4.66. The number of sulfonamides is 1. The molecule has 0 spiro atoms. The molecule has 4 aromatic rings. The van der Waals surface area contributed by atoms with Gasteiger partial charge in [-0.05, 0) is 31.2 Å². The van der Waals surface area contributed by atoms with Crippen LogP contribution < -0.4 is 14.2 Å². The van der Waals surface area contributed by atoms with Crippen molar-refractivity contribution in [3.63, 3.8) is 0 Å². The lowest BCUT2D eigenvalue weighted by atomic mass is 10.1. The third kappa shape index (κ3) is 4.30. The number of ether oxygens (including phenoxy) is 2. The van der Waals surface area contributed by atoms with E-state index in [1.807, 2.05) is 47.9 Å². The first-order valence-electron chi connectivity index (χ1n) is 10.0. The van der Waals surface area contributed by atoms with Crippen LogP contribution in [0.5, 0.6) is 11.5 Å². The molecule has 0 aliphatic carbocycles. The van der Waals surface area contributed by atoms with Crippen LogP contribution in [-0.2, 0) is 16.6 Å². The van der Waals surface area contributed by atoms with Gasteiger partial charge in [0.15, 0.2) is 5.65 Å². The highest BCUT2D eigenvalue weighted by atomic mass is 32.2. The smallest absolute Gasteiger partial charge is 0.244 e. The van der Waals surface area contributed by atoms with Crippen molar-refractivity contribution in [3.8, 4) is 22.9 Å². The fraction of sp³-hybridized carbons (Fsp3) is 0.217. The van der Waals surface area contributed by atoms with E-state index in [-0.39, 0.29) is 17.2 Å². The summed E-state index contributed by atoms with van der Waals surface area (Å²) < 4.78 is 40.9. The van der Waals surface area contributed by atoms with E-state index in [0.29, 0.717) is 17.9 Å². The number of pyridine rings is 1. The average molecular weight is 453 g/mol. The maximum Gasteiger partial charge on any atom is 0.244 e. The SMILES string of the molecule is COc1ccc(OC)c(S(=O)(=O)NCCn2c(-c3ccc(C)cc3)nc3cccnc32)c1. The maximum atomic E-state index is 13.0. The van der Waals surface area contributed by atoms with Gasteiger partial charge in [0.25, 0.3) is 0 Å². The number of methoxy groups -OCH3 is 2. The van der Waals surface area contributed by atoms with E-state index in [2.05, 4.69) is 9.71 Å². The molecular formula is C23H24N4O4S. The van der Waals surface area contributed by atoms with E-state index in [4.69, 9.17) is 14.5 Å². The van der Waals surface area contributed by atoms with Crippen molar-refractivity contribution in [1.29, 1.82) is 0 Å². The Morgan fingerprint density at radius 2 is 1.81 bits per heavy atom. The van der Waals surface area contributed by atoms with Crippen LogP contribution in [0.25, 0.3) is 22.6 Å². The summed E-state index contributed by atoms with van der Waals surface area (Å²) in [5.74, 6) is 1.41. The minimum absolute atomic E-state index is 0.0201. The summed E-state index contributed by atoms with van der Waals surface area (Å²) in [6.45, 7) is 2.52. The lowest BCUT2D eigenvalue weighted by molar-refractivity contribution is 0.392. The monoisotopic (exact) mass is 452 g/mol. The highest BCUT2D eigenvalue weighted by molar-refractivity contribution is 7.89. The van der Waals surface area contributed by atoms with Crippen LogP contribution in [0.2, 0.25) is 0 Å². The summed E-state index contributed by atoms with van der Waals surface area (Å²) in [6, 6.07) is 16.4. The minimum Gasteiger partial charge on any atom is -0.497 e. The minimum atomic E-state index is -3.83. The molecule has 4 rings (SSSR count). The first kappa shape index (κ1) is 21.8. The highest BCUT2D eigenvalue weighted by Crippen LogP contribution is 2.28. The van der Waals surface area contributed by atoms with E-state index < -0.39 is 10.0 Å². The summed E-state index contributed by atoms with van der Waals surface area (Å²) >= 11 is 0. The van der Waals surface area contributed by atoms with Crippen molar-refractivity contribution >= 4 is 21.2 Å². The van der Waals surface area contributed by atoms with Gasteiger partial charge in [-0.15, -0.1) is 0 Å². The zero-order valence-corrected chi connectivity index (χ0v) is 18.9. The molecule has 8 nitrogen and oxygen atoms in total. The molecule has 0 fully saturated rings. The summed E-state index contributed by atoms with van der Waals surface area (Å²) in [7, 11) is -0.924. The van der Waals surface area contributed by atoms with Gasteiger partial charge in [0.1, 0.15) is 27.7 Å². The molecule has 2 aromatic carbocycles. The third-order valence-electron chi connectivity index (χ3n) is 5.10. The molecule has 166 valence electrons. The highest BCUT2D eigenvalue weighted by Gasteiger charge is 2.21. The van der Waals surface area contributed by atoms with E-state index in [1.165, 1.54) is 20.3 Å². The zero-order chi connectivity index (χ0) is 22.7. The van der Waals surface area contributed by atoms with E-state index in [1.54, 1.807) is 18.3 Å². The zero-order valence-electron chi connectivity index (χ0n) is 18.1. The Kier molecular flexibility index (Phi) is 6.11. The molecule has 9 heteroatoms. The molecule has 0 amide bonds. The number of fused-ring (bicyclic) bond motifs is 1. The molecule has 0 aliphatic heterocycles. The second-order valence-electron chi connectivity index (χ2n) is 7.21. The van der Waals surface area contributed by atoms with E-state index >= 15 is 0 Å². The molecule has 0 saturated carbocycles. The van der Waals surface area contributed by atoms with Crippen LogP contribution in [0.15, 0.2) is 65.7 Å². The first-order chi connectivity index (χ1) is 15.4. The molecule has 0 radical (unpaired) electrons. The molecular weight excluding hydrogens is 428 g/mol. The molecule has 0 saturated heterocycles. The molecule has 0 unspecified atom stereocenters. The van der Waals surface area contributed by atoms with Crippen molar-refractivity contribution in [3.05, 3.63) is 66.4 Å². The van der Waals surface area contributed by atoms with Crippen LogP contribution >= 0.6 is 0 Å². The lowest BCUT2D eigenvalue weighted by Crippen LogP contribution is -2.28. The number of nitrogens with zero attached hydrogens (tertiary/aromatic N) is 3. The first-order valence-corrected chi connectivity index (χ1v) is 11.5. The Morgan fingerprint density at radius 1 is 1.03 bits per heavy atom. The number of aromatic nitrogens is 3. The topological polar surface area (TPSA) is 95.3 Å². The van der Waals surface area contributed by atoms with Crippen molar-refractivity contribution in [1.82, 2.24) is 19.3 Å². The number of imidazole rings is 1. The van der Waals surface area contributed by atoms with Crippen LogP contribution in [0, 0.1) is 6.92 Å². The van der Waals surface area contributed by atoms with Gasteiger partial charge >= 0.3 is 0 Å². The summed E-state index contributed by atoms with van der Waals surface area (Å²) in [4.78, 5) is 9.20. The second kappa shape index (κ2) is 8.97. The summed E-state index contributed by atoms with van der Waals surface area (Å²) in [5.41, 5.74) is 3.53. The van der Waals surface area contributed by atoms with E-state index in [9.17, 15) is 8.42 Å². The van der Waals surface area contributed by atoms with Crippen molar-refractivity contribution < 1.29 is 17.9 Å². The van der Waals surface area contributed by atoms with Gasteiger partial charge in [0, 0.05) is 30.9 Å². The fourth-order valence-electron chi connectivity index (χ4n) is 3.46. The van der Waals surface area contributed by atoms with Crippen LogP contribution in [0.3, 0.4) is 0 Å². The van der Waals surface area contributed by atoms with Crippen LogP contribution in [0.4, 0.5) is 0 Å². The summed E-state index contributed by atoms with van der Waals surface area (Å²) in [6.07, 6.45) is 1.70.